The van der Waals surface area contributed by atoms with E-state index in [0.29, 0.717) is 45.7 Å². The second-order valence-corrected chi connectivity index (χ2v) is 8.92. The zero-order valence-electron chi connectivity index (χ0n) is 21.7. The number of nitrogens with zero attached hydrogens (tertiary/aromatic N) is 7. The number of aryl methyl sites for hydroxylation is 2. The summed E-state index contributed by atoms with van der Waals surface area (Å²) in [5, 5.41) is 18.6. The van der Waals surface area contributed by atoms with Crippen LogP contribution in [0, 0.1) is 31.0 Å². The first kappa shape index (κ1) is 26.1. The number of pyridine rings is 3. The van der Waals surface area contributed by atoms with Gasteiger partial charge in [-0.15, -0.1) is 0 Å². The van der Waals surface area contributed by atoms with Crippen molar-refractivity contribution in [1.29, 1.82) is 5.26 Å². The van der Waals surface area contributed by atoms with Crippen LogP contribution in [-0.4, -0.2) is 36.0 Å². The smallest absolute Gasteiger partial charge is 0.270 e. The molecule has 1 atom stereocenters. The molecule has 12 heteroatoms. The van der Waals surface area contributed by atoms with Crippen LogP contribution in [0.25, 0.3) is 22.6 Å². The molecule has 1 unspecified atom stereocenters. The quantitative estimate of drug-likeness (QED) is 0.295. The van der Waals surface area contributed by atoms with Crippen molar-refractivity contribution in [3.63, 3.8) is 0 Å². The van der Waals surface area contributed by atoms with Gasteiger partial charge in [-0.05, 0) is 50.6 Å². The molecule has 0 aliphatic rings. The number of nitriles is 1. The van der Waals surface area contributed by atoms with Gasteiger partial charge < -0.3 is 15.2 Å². The van der Waals surface area contributed by atoms with E-state index < -0.39 is 5.82 Å². The lowest BCUT2D eigenvalue weighted by atomic mass is 10.1. The molecule has 0 bridgehead atoms. The van der Waals surface area contributed by atoms with Crippen molar-refractivity contribution in [2.24, 2.45) is 0 Å². The summed E-state index contributed by atoms with van der Waals surface area (Å²) < 4.78 is 18.5. The number of anilines is 2. The molecule has 2 N–H and O–H groups in total. The Morgan fingerprint density at radius 2 is 1.85 bits per heavy atom. The number of amides is 1. The maximum Gasteiger partial charge on any atom is 0.270 e. The summed E-state index contributed by atoms with van der Waals surface area (Å²) in [5.74, 6) is 0.476. The molecule has 0 spiro atoms. The van der Waals surface area contributed by atoms with Crippen LogP contribution in [-0.2, 0) is 0 Å². The van der Waals surface area contributed by atoms with Crippen LogP contribution in [0.1, 0.15) is 46.2 Å². The molecule has 5 rings (SSSR count). The molecule has 0 aliphatic carbocycles. The van der Waals surface area contributed by atoms with E-state index in [1.54, 1.807) is 37.4 Å². The Morgan fingerprint density at radius 3 is 2.55 bits per heavy atom. The van der Waals surface area contributed by atoms with Gasteiger partial charge in [0.05, 0.1) is 17.9 Å². The second-order valence-electron chi connectivity index (χ2n) is 8.92. The monoisotopic (exact) mass is 535 g/mol. The minimum Gasteiger partial charge on any atom is -0.344 e. The molecule has 0 saturated carbocycles. The summed E-state index contributed by atoms with van der Waals surface area (Å²) in [4.78, 5) is 34.5. The van der Waals surface area contributed by atoms with Gasteiger partial charge in [0.2, 0.25) is 5.76 Å². The zero-order chi connectivity index (χ0) is 28.2. The highest BCUT2D eigenvalue weighted by molar-refractivity contribution is 5.92. The van der Waals surface area contributed by atoms with E-state index >= 15 is 0 Å². The van der Waals surface area contributed by atoms with E-state index in [0.717, 1.165) is 5.56 Å². The fraction of sp³-hybridized carbons (Fsp3) is 0.143. The summed E-state index contributed by atoms with van der Waals surface area (Å²) in [6.07, 6.45) is 4.33. The average molecular weight is 536 g/mol. The Morgan fingerprint density at radius 1 is 1.00 bits per heavy atom. The van der Waals surface area contributed by atoms with Crippen molar-refractivity contribution < 1.29 is 13.7 Å². The van der Waals surface area contributed by atoms with Crippen LogP contribution in [0.2, 0.25) is 0 Å². The molecule has 0 fully saturated rings. The second kappa shape index (κ2) is 11.0. The third kappa shape index (κ3) is 5.78. The predicted molar refractivity (Wildman–Crippen MR) is 143 cm³/mol. The van der Waals surface area contributed by atoms with Crippen LogP contribution in [0.5, 0.6) is 0 Å². The Kier molecular flexibility index (Phi) is 7.19. The maximum atomic E-state index is 13.6. The molecule has 40 heavy (non-hydrogen) atoms. The number of hydrogen-bond acceptors (Lipinski definition) is 10. The fourth-order valence-electron chi connectivity index (χ4n) is 3.88. The molecule has 0 radical (unpaired) electrons. The van der Waals surface area contributed by atoms with E-state index in [1.807, 2.05) is 26.0 Å². The van der Waals surface area contributed by atoms with E-state index in [2.05, 4.69) is 40.7 Å². The number of halogens is 1. The summed E-state index contributed by atoms with van der Waals surface area (Å²) >= 11 is 0. The number of carbonyl (C=O) groups is 1. The Labute approximate surface area is 228 Å². The minimum absolute atomic E-state index is 0.0747. The van der Waals surface area contributed by atoms with Gasteiger partial charge in [0, 0.05) is 47.0 Å². The summed E-state index contributed by atoms with van der Waals surface area (Å²) in [7, 11) is 0. The maximum absolute atomic E-state index is 13.6. The predicted octanol–water partition coefficient (Wildman–Crippen LogP) is 4.85. The lowest BCUT2D eigenvalue weighted by Gasteiger charge is -2.14. The van der Waals surface area contributed by atoms with Gasteiger partial charge >= 0.3 is 0 Å². The topological polar surface area (TPSA) is 155 Å². The molecule has 0 aromatic carbocycles. The lowest BCUT2D eigenvalue weighted by molar-refractivity contribution is 0.0935. The molecular weight excluding hydrogens is 513 g/mol. The van der Waals surface area contributed by atoms with Crippen molar-refractivity contribution in [2.75, 3.05) is 5.32 Å². The summed E-state index contributed by atoms with van der Waals surface area (Å²) in [5.41, 5.74) is 4.17. The Bertz CT molecular complexity index is 1730. The summed E-state index contributed by atoms with van der Waals surface area (Å²) in [6.45, 7) is 5.44. The fourth-order valence-corrected chi connectivity index (χ4v) is 3.88. The highest BCUT2D eigenvalue weighted by atomic mass is 19.1. The minimum atomic E-state index is -0.432. The van der Waals surface area contributed by atoms with Gasteiger partial charge in [-0.3, -0.25) is 19.7 Å². The van der Waals surface area contributed by atoms with Crippen LogP contribution < -0.4 is 10.6 Å². The van der Waals surface area contributed by atoms with Gasteiger partial charge in [-0.25, -0.2) is 14.4 Å². The highest BCUT2D eigenvalue weighted by Gasteiger charge is 2.15. The molecular formula is C28H22FN9O2. The molecule has 11 nitrogen and oxygen atoms in total. The van der Waals surface area contributed by atoms with E-state index in [-0.39, 0.29) is 23.4 Å². The van der Waals surface area contributed by atoms with Crippen molar-refractivity contribution in [3.05, 3.63) is 95.3 Å². The lowest BCUT2D eigenvalue weighted by Crippen LogP contribution is -2.27. The van der Waals surface area contributed by atoms with Crippen LogP contribution in [0.3, 0.4) is 0 Å². The standard InChI is InChI=1S/C28H22FN9O2/c1-15-8-25(36-26-10-21(11-30)40-38-26)37-27(34-15)19-5-7-24(33-13-19)28(39)35-16(2)18-4-6-23(32-12-18)22-9-20(29)14-31-17(22)3/h4-10,12-14,16H,1-3H3,(H,35,39)(H,34,36,37,38). The average Bonchev–Trinajstić information content (AvgIpc) is 3.41. The largest absolute Gasteiger partial charge is 0.344 e. The van der Waals surface area contributed by atoms with Gasteiger partial charge in [-0.1, -0.05) is 11.2 Å². The first-order valence-electron chi connectivity index (χ1n) is 12.1. The van der Waals surface area contributed by atoms with Gasteiger partial charge in [0.25, 0.3) is 5.91 Å². The van der Waals surface area contributed by atoms with E-state index in [1.165, 1.54) is 24.5 Å². The third-order valence-corrected chi connectivity index (χ3v) is 5.95. The van der Waals surface area contributed by atoms with Crippen molar-refractivity contribution in [3.8, 4) is 28.7 Å². The van der Waals surface area contributed by atoms with Crippen molar-refractivity contribution >= 4 is 17.5 Å². The van der Waals surface area contributed by atoms with Gasteiger partial charge in [0.15, 0.2) is 11.6 Å². The Balaban J connectivity index is 1.26. The van der Waals surface area contributed by atoms with Crippen LogP contribution in [0.15, 0.2) is 65.6 Å². The van der Waals surface area contributed by atoms with Crippen LogP contribution in [0.4, 0.5) is 16.0 Å². The first-order chi connectivity index (χ1) is 19.3. The molecule has 0 saturated heterocycles. The SMILES string of the molecule is Cc1cc(Nc2cc(C#N)on2)nc(-c2ccc(C(=O)NC(C)c3ccc(-c4cc(F)cnc4C)nc3)nc2)n1. The van der Waals surface area contributed by atoms with E-state index in [9.17, 15) is 9.18 Å². The first-order valence-corrected chi connectivity index (χ1v) is 12.1. The number of hydrogen-bond donors (Lipinski definition) is 2. The molecule has 5 aromatic rings. The summed E-state index contributed by atoms with van der Waals surface area (Å²) in [6, 6.07) is 13.0. The van der Waals surface area contributed by atoms with Crippen LogP contribution >= 0.6 is 0 Å². The zero-order valence-corrected chi connectivity index (χ0v) is 21.7. The molecule has 5 heterocycles. The normalized spacial score (nSPS) is 11.5. The third-order valence-electron chi connectivity index (χ3n) is 5.95. The number of carbonyl (C=O) groups excluding carboxylic acids is 1. The highest BCUT2D eigenvalue weighted by Crippen LogP contribution is 2.23. The number of nitrogens with one attached hydrogen (secondary N) is 2. The van der Waals surface area contributed by atoms with E-state index in [4.69, 9.17) is 9.78 Å². The van der Waals surface area contributed by atoms with Crippen molar-refractivity contribution in [2.45, 2.75) is 26.8 Å². The Hall–Kier alpha value is -5.57. The van der Waals surface area contributed by atoms with Gasteiger partial charge in [-0.2, -0.15) is 5.26 Å². The molecule has 198 valence electrons. The molecule has 5 aromatic heterocycles. The van der Waals surface area contributed by atoms with Crippen molar-refractivity contribution in [1.82, 2.24) is 35.4 Å². The van der Waals surface area contributed by atoms with Gasteiger partial charge in [0.1, 0.15) is 23.4 Å². The molecule has 0 aliphatic heterocycles. The number of aromatic nitrogens is 6. The number of rotatable bonds is 7. The molecule has 1 amide bonds.